The maximum Gasteiger partial charge on any atom is 0.338 e. The van der Waals surface area contributed by atoms with Crippen LogP contribution in [0.5, 0.6) is 0 Å². The average Bonchev–Trinajstić information content (AvgIpc) is 2.37. The fourth-order valence-electron chi connectivity index (χ4n) is 1.41. The van der Waals surface area contributed by atoms with E-state index < -0.39 is 17.8 Å². The topological polar surface area (TPSA) is 52.6 Å². The van der Waals surface area contributed by atoms with Crippen LogP contribution >= 0.6 is 0 Å². The Kier molecular flexibility index (Phi) is 5.73. The summed E-state index contributed by atoms with van der Waals surface area (Å²) in [6.07, 6.45) is 2.47. The van der Waals surface area contributed by atoms with Crippen molar-refractivity contribution in [3.05, 3.63) is 41.2 Å². The maximum absolute atomic E-state index is 13.2. The standard InChI is InChI=1S/C14H15FO4/c1-3-18-13(16)8-5-10-9-11(15)6-7-12(10)14(17)19-4-2/h5-9H,3-4H2,1-2H3. The molecule has 0 aromatic heterocycles. The Hall–Kier alpha value is -2.17. The third-order valence-corrected chi connectivity index (χ3v) is 2.19. The van der Waals surface area contributed by atoms with E-state index in [4.69, 9.17) is 9.47 Å². The van der Waals surface area contributed by atoms with Crippen molar-refractivity contribution < 1.29 is 23.5 Å². The zero-order valence-corrected chi connectivity index (χ0v) is 10.8. The van der Waals surface area contributed by atoms with Gasteiger partial charge in [0, 0.05) is 6.08 Å². The lowest BCUT2D eigenvalue weighted by Gasteiger charge is -2.05. The molecule has 0 radical (unpaired) electrons. The zero-order valence-electron chi connectivity index (χ0n) is 10.8. The Morgan fingerprint density at radius 3 is 2.53 bits per heavy atom. The summed E-state index contributed by atoms with van der Waals surface area (Å²) in [4.78, 5) is 22.8. The number of carbonyl (C=O) groups excluding carboxylic acids is 2. The number of halogens is 1. The molecule has 0 aliphatic rings. The number of rotatable bonds is 5. The Morgan fingerprint density at radius 1 is 1.21 bits per heavy atom. The van der Waals surface area contributed by atoms with Gasteiger partial charge in [-0.1, -0.05) is 0 Å². The van der Waals surface area contributed by atoms with Crippen molar-refractivity contribution in [3.63, 3.8) is 0 Å². The third kappa shape index (κ3) is 4.54. The van der Waals surface area contributed by atoms with Crippen LogP contribution < -0.4 is 0 Å². The second-order valence-corrected chi connectivity index (χ2v) is 3.54. The summed E-state index contributed by atoms with van der Waals surface area (Å²) in [6, 6.07) is 3.63. The van der Waals surface area contributed by atoms with Crippen molar-refractivity contribution in [2.45, 2.75) is 13.8 Å². The van der Waals surface area contributed by atoms with E-state index in [0.717, 1.165) is 18.2 Å². The van der Waals surface area contributed by atoms with E-state index >= 15 is 0 Å². The molecule has 0 unspecified atom stereocenters. The van der Waals surface area contributed by atoms with Crippen LogP contribution in [0.2, 0.25) is 0 Å². The minimum atomic E-state index is -0.564. The summed E-state index contributed by atoms with van der Waals surface area (Å²) < 4.78 is 22.7. The second kappa shape index (κ2) is 7.31. The molecule has 4 nitrogen and oxygen atoms in total. The normalized spacial score (nSPS) is 10.5. The fraction of sp³-hybridized carbons (Fsp3) is 0.286. The molecule has 1 aromatic carbocycles. The van der Waals surface area contributed by atoms with Crippen LogP contribution in [0.1, 0.15) is 29.8 Å². The highest BCUT2D eigenvalue weighted by atomic mass is 19.1. The van der Waals surface area contributed by atoms with E-state index in [1.165, 1.54) is 12.1 Å². The molecule has 0 saturated heterocycles. The number of hydrogen-bond acceptors (Lipinski definition) is 4. The summed E-state index contributed by atoms with van der Waals surface area (Å²) in [7, 11) is 0. The van der Waals surface area contributed by atoms with Gasteiger partial charge >= 0.3 is 11.9 Å². The fourth-order valence-corrected chi connectivity index (χ4v) is 1.41. The molecular formula is C14H15FO4. The van der Waals surface area contributed by atoms with E-state index in [0.29, 0.717) is 0 Å². The molecule has 1 aromatic rings. The van der Waals surface area contributed by atoms with Crippen molar-refractivity contribution >= 4 is 18.0 Å². The SMILES string of the molecule is CCOC(=O)C=Cc1cc(F)ccc1C(=O)OCC. The highest BCUT2D eigenvalue weighted by Crippen LogP contribution is 2.14. The van der Waals surface area contributed by atoms with E-state index in [1.54, 1.807) is 13.8 Å². The number of ether oxygens (including phenoxy) is 2. The summed E-state index contributed by atoms with van der Waals surface area (Å²) in [6.45, 7) is 3.82. The highest BCUT2D eigenvalue weighted by molar-refractivity contribution is 5.95. The lowest BCUT2D eigenvalue weighted by atomic mass is 10.1. The predicted octanol–water partition coefficient (Wildman–Crippen LogP) is 2.58. The Bertz CT molecular complexity index is 494. The zero-order chi connectivity index (χ0) is 14.3. The van der Waals surface area contributed by atoms with Crippen LogP contribution in [-0.4, -0.2) is 25.2 Å². The summed E-state index contributed by atoms with van der Waals surface area (Å²) in [5, 5.41) is 0. The van der Waals surface area contributed by atoms with Gasteiger partial charge in [-0.05, 0) is 43.7 Å². The number of hydrogen-bond donors (Lipinski definition) is 0. The van der Waals surface area contributed by atoms with Crippen LogP contribution in [-0.2, 0) is 14.3 Å². The molecule has 1 rings (SSSR count). The molecule has 19 heavy (non-hydrogen) atoms. The summed E-state index contributed by atoms with van der Waals surface area (Å²) in [5.41, 5.74) is 0.468. The maximum atomic E-state index is 13.2. The molecule has 0 fully saturated rings. The second-order valence-electron chi connectivity index (χ2n) is 3.54. The molecule has 0 aliphatic heterocycles. The van der Waals surface area contributed by atoms with Gasteiger partial charge in [0.1, 0.15) is 5.82 Å². The Labute approximate surface area is 110 Å². The first-order valence-electron chi connectivity index (χ1n) is 5.90. The van der Waals surface area contributed by atoms with Gasteiger partial charge in [-0.3, -0.25) is 0 Å². The molecule has 0 N–H and O–H groups in total. The van der Waals surface area contributed by atoms with Gasteiger partial charge in [0.15, 0.2) is 0 Å². The number of carbonyl (C=O) groups is 2. The first kappa shape index (κ1) is 14.9. The van der Waals surface area contributed by atoms with Crippen molar-refractivity contribution in [3.8, 4) is 0 Å². The van der Waals surface area contributed by atoms with E-state index in [9.17, 15) is 14.0 Å². The number of benzene rings is 1. The Balaban J connectivity index is 3.00. The van der Waals surface area contributed by atoms with Gasteiger partial charge in [-0.25, -0.2) is 14.0 Å². The first-order valence-corrected chi connectivity index (χ1v) is 5.90. The van der Waals surface area contributed by atoms with Crippen molar-refractivity contribution in [2.24, 2.45) is 0 Å². The van der Waals surface area contributed by atoms with E-state index in [-0.39, 0.29) is 24.3 Å². The van der Waals surface area contributed by atoms with Crippen LogP contribution in [0, 0.1) is 5.82 Å². The minimum absolute atomic E-state index is 0.198. The predicted molar refractivity (Wildman–Crippen MR) is 68.0 cm³/mol. The van der Waals surface area contributed by atoms with Crippen LogP contribution in [0.4, 0.5) is 4.39 Å². The van der Waals surface area contributed by atoms with Crippen LogP contribution in [0.3, 0.4) is 0 Å². The lowest BCUT2D eigenvalue weighted by Crippen LogP contribution is -2.07. The van der Waals surface area contributed by atoms with Crippen molar-refractivity contribution in [1.29, 1.82) is 0 Å². The van der Waals surface area contributed by atoms with Gasteiger partial charge in [0.2, 0.25) is 0 Å². The van der Waals surface area contributed by atoms with Crippen molar-refractivity contribution in [2.75, 3.05) is 13.2 Å². The largest absolute Gasteiger partial charge is 0.463 e. The molecular weight excluding hydrogens is 251 g/mol. The van der Waals surface area contributed by atoms with E-state index in [2.05, 4.69) is 0 Å². The molecule has 0 saturated carbocycles. The first-order chi connectivity index (χ1) is 9.08. The Morgan fingerprint density at radius 2 is 1.89 bits per heavy atom. The number of esters is 2. The molecule has 0 aliphatic carbocycles. The van der Waals surface area contributed by atoms with Gasteiger partial charge in [-0.15, -0.1) is 0 Å². The van der Waals surface area contributed by atoms with Gasteiger partial charge in [0.05, 0.1) is 18.8 Å². The monoisotopic (exact) mass is 266 g/mol. The highest BCUT2D eigenvalue weighted by Gasteiger charge is 2.11. The minimum Gasteiger partial charge on any atom is -0.463 e. The molecule has 0 amide bonds. The van der Waals surface area contributed by atoms with Crippen LogP contribution in [0.25, 0.3) is 6.08 Å². The third-order valence-electron chi connectivity index (χ3n) is 2.19. The molecule has 0 spiro atoms. The smallest absolute Gasteiger partial charge is 0.338 e. The lowest BCUT2D eigenvalue weighted by molar-refractivity contribution is -0.137. The average molecular weight is 266 g/mol. The molecule has 0 bridgehead atoms. The van der Waals surface area contributed by atoms with Gasteiger partial charge in [0.25, 0.3) is 0 Å². The molecule has 5 heteroatoms. The summed E-state index contributed by atoms with van der Waals surface area (Å²) in [5.74, 6) is -1.62. The summed E-state index contributed by atoms with van der Waals surface area (Å²) >= 11 is 0. The van der Waals surface area contributed by atoms with Crippen molar-refractivity contribution in [1.82, 2.24) is 0 Å². The van der Waals surface area contributed by atoms with E-state index in [1.807, 2.05) is 0 Å². The molecule has 0 atom stereocenters. The molecule has 102 valence electrons. The molecule has 0 heterocycles. The van der Waals surface area contributed by atoms with Crippen LogP contribution in [0.15, 0.2) is 24.3 Å². The quantitative estimate of drug-likeness (QED) is 0.607. The van der Waals surface area contributed by atoms with Gasteiger partial charge in [-0.2, -0.15) is 0 Å². The van der Waals surface area contributed by atoms with Gasteiger partial charge < -0.3 is 9.47 Å².